The Balaban J connectivity index is 1.78. The van der Waals surface area contributed by atoms with E-state index < -0.39 is 8.07 Å². The van der Waals surface area contributed by atoms with Crippen LogP contribution in [0.1, 0.15) is 30.9 Å². The molecular weight excluding hydrogens is 372 g/mol. The highest BCUT2D eigenvalue weighted by molar-refractivity contribution is 7.99. The van der Waals surface area contributed by atoms with Gasteiger partial charge in [0.15, 0.2) is 5.16 Å². The monoisotopic (exact) mass is 404 g/mol. The summed E-state index contributed by atoms with van der Waals surface area (Å²) in [5.74, 6) is 0.727. The quantitative estimate of drug-likeness (QED) is 0.460. The van der Waals surface area contributed by atoms with Gasteiger partial charge in [0.1, 0.15) is 6.73 Å². The van der Waals surface area contributed by atoms with Gasteiger partial charge in [0.2, 0.25) is 0 Å². The molecule has 1 saturated carbocycles. The van der Waals surface area contributed by atoms with E-state index in [4.69, 9.17) is 9.72 Å². The smallest absolute Gasteiger partial charge is 0.174 e. The van der Waals surface area contributed by atoms with E-state index in [-0.39, 0.29) is 6.61 Å². The van der Waals surface area contributed by atoms with Crippen molar-refractivity contribution in [2.45, 2.75) is 67.6 Å². The van der Waals surface area contributed by atoms with Crippen LogP contribution in [0.3, 0.4) is 0 Å². The molecule has 0 bridgehead atoms. The van der Waals surface area contributed by atoms with Crippen molar-refractivity contribution in [1.29, 1.82) is 0 Å². The molecule has 27 heavy (non-hydrogen) atoms. The highest BCUT2D eigenvalue weighted by Gasteiger charge is 2.31. The molecule has 0 spiro atoms. The molecule has 3 rings (SSSR count). The molecule has 1 aromatic carbocycles. The van der Waals surface area contributed by atoms with Crippen LogP contribution >= 0.6 is 11.8 Å². The SMILES string of the molecule is C[Si](C)(C)CCOCn1c([C@H]2CCC[C@H]2CO)cnc1Sc1ccccc1. The van der Waals surface area contributed by atoms with E-state index in [1.165, 1.54) is 23.1 Å². The van der Waals surface area contributed by atoms with Crippen LogP contribution in [-0.2, 0) is 11.5 Å². The van der Waals surface area contributed by atoms with Gasteiger partial charge < -0.3 is 9.84 Å². The summed E-state index contributed by atoms with van der Waals surface area (Å²) in [4.78, 5) is 5.91. The molecule has 4 nitrogen and oxygen atoms in total. The Hall–Kier alpha value is -1.08. The second-order valence-corrected chi connectivity index (χ2v) is 15.3. The van der Waals surface area contributed by atoms with Crippen molar-refractivity contribution < 1.29 is 9.84 Å². The summed E-state index contributed by atoms with van der Waals surface area (Å²) < 4.78 is 8.32. The van der Waals surface area contributed by atoms with Crippen LogP contribution in [0.2, 0.25) is 25.7 Å². The molecule has 1 aliphatic carbocycles. The molecule has 2 aromatic rings. The molecule has 0 saturated heterocycles. The van der Waals surface area contributed by atoms with Gasteiger partial charge in [-0.2, -0.15) is 0 Å². The lowest BCUT2D eigenvalue weighted by atomic mass is 9.94. The summed E-state index contributed by atoms with van der Waals surface area (Å²) in [6.45, 7) is 8.73. The number of aliphatic hydroxyl groups excluding tert-OH is 1. The Morgan fingerprint density at radius 3 is 2.70 bits per heavy atom. The first-order valence-corrected chi connectivity index (χ1v) is 14.5. The molecule has 0 unspecified atom stereocenters. The number of imidazole rings is 1. The number of rotatable bonds is 9. The topological polar surface area (TPSA) is 47.3 Å². The Morgan fingerprint density at radius 1 is 1.22 bits per heavy atom. The van der Waals surface area contributed by atoms with Gasteiger partial charge in [-0.05, 0) is 36.9 Å². The zero-order chi connectivity index (χ0) is 19.3. The number of hydrogen-bond acceptors (Lipinski definition) is 4. The second kappa shape index (κ2) is 9.41. The lowest BCUT2D eigenvalue weighted by molar-refractivity contribution is 0.0774. The van der Waals surface area contributed by atoms with Crippen LogP contribution in [0, 0.1) is 5.92 Å². The zero-order valence-corrected chi connectivity index (χ0v) is 18.5. The fourth-order valence-electron chi connectivity index (χ4n) is 3.65. The molecule has 1 aliphatic rings. The fourth-order valence-corrected chi connectivity index (χ4v) is 5.29. The molecule has 148 valence electrons. The van der Waals surface area contributed by atoms with Crippen molar-refractivity contribution >= 4 is 19.8 Å². The lowest BCUT2D eigenvalue weighted by Crippen LogP contribution is -2.22. The highest BCUT2D eigenvalue weighted by atomic mass is 32.2. The number of benzene rings is 1. The van der Waals surface area contributed by atoms with Gasteiger partial charge in [0.05, 0.1) is 0 Å². The molecule has 1 aromatic heterocycles. The minimum Gasteiger partial charge on any atom is -0.396 e. The van der Waals surface area contributed by atoms with Crippen molar-refractivity contribution in [2.75, 3.05) is 13.2 Å². The van der Waals surface area contributed by atoms with Gasteiger partial charge in [-0.1, -0.05) is 56.0 Å². The minimum atomic E-state index is -1.10. The largest absolute Gasteiger partial charge is 0.396 e. The van der Waals surface area contributed by atoms with Gasteiger partial charge >= 0.3 is 0 Å². The Morgan fingerprint density at radius 2 is 2.00 bits per heavy atom. The summed E-state index contributed by atoms with van der Waals surface area (Å²) in [6, 6.07) is 11.5. The van der Waals surface area contributed by atoms with Crippen LogP contribution in [0.5, 0.6) is 0 Å². The van der Waals surface area contributed by atoms with E-state index in [2.05, 4.69) is 48.5 Å². The first-order chi connectivity index (χ1) is 13.0. The Labute approximate surface area is 168 Å². The van der Waals surface area contributed by atoms with E-state index in [0.29, 0.717) is 18.6 Å². The number of aliphatic hydroxyl groups is 1. The maximum absolute atomic E-state index is 9.77. The van der Waals surface area contributed by atoms with E-state index >= 15 is 0 Å². The molecular formula is C21H32N2O2SSi. The maximum Gasteiger partial charge on any atom is 0.174 e. The van der Waals surface area contributed by atoms with Gasteiger partial charge in [0.25, 0.3) is 0 Å². The van der Waals surface area contributed by atoms with Crippen molar-refractivity contribution in [3.63, 3.8) is 0 Å². The van der Waals surface area contributed by atoms with Crippen LogP contribution in [-0.4, -0.2) is 35.9 Å². The van der Waals surface area contributed by atoms with Crippen molar-refractivity contribution in [3.05, 3.63) is 42.2 Å². The van der Waals surface area contributed by atoms with E-state index in [1.54, 1.807) is 11.8 Å². The molecule has 0 aliphatic heterocycles. The Kier molecular flexibility index (Phi) is 7.20. The predicted molar refractivity (Wildman–Crippen MR) is 114 cm³/mol. The Bertz CT molecular complexity index is 715. The summed E-state index contributed by atoms with van der Waals surface area (Å²) in [6.07, 6.45) is 5.41. The average Bonchev–Trinajstić information content (AvgIpc) is 3.25. The van der Waals surface area contributed by atoms with Gasteiger partial charge in [-0.15, -0.1) is 0 Å². The van der Waals surface area contributed by atoms with Gasteiger partial charge in [-0.25, -0.2) is 4.98 Å². The number of hydrogen-bond donors (Lipinski definition) is 1. The first-order valence-electron chi connectivity index (χ1n) is 9.95. The molecule has 6 heteroatoms. The number of nitrogens with zero attached hydrogens (tertiary/aromatic N) is 2. The average molecular weight is 405 g/mol. The summed E-state index contributed by atoms with van der Waals surface area (Å²) in [5.41, 5.74) is 1.22. The van der Waals surface area contributed by atoms with Crippen LogP contribution < -0.4 is 0 Å². The summed E-state index contributed by atoms with van der Waals surface area (Å²) in [5, 5.41) is 10.8. The highest BCUT2D eigenvalue weighted by Crippen LogP contribution is 2.41. The lowest BCUT2D eigenvalue weighted by Gasteiger charge is -2.21. The van der Waals surface area contributed by atoms with E-state index in [9.17, 15) is 5.11 Å². The first kappa shape index (κ1) is 20.6. The second-order valence-electron chi connectivity index (χ2n) is 8.64. The predicted octanol–water partition coefficient (Wildman–Crippen LogP) is 5.22. The van der Waals surface area contributed by atoms with Crippen LogP contribution in [0.4, 0.5) is 0 Å². The normalized spacial score (nSPS) is 20.3. The van der Waals surface area contributed by atoms with Crippen molar-refractivity contribution in [2.24, 2.45) is 5.92 Å². The molecule has 1 N–H and O–H groups in total. The van der Waals surface area contributed by atoms with Crippen LogP contribution in [0.15, 0.2) is 46.6 Å². The zero-order valence-electron chi connectivity index (χ0n) is 16.7. The molecule has 1 fully saturated rings. The number of aromatic nitrogens is 2. The standard InChI is InChI=1S/C21H32N2O2SSi/c1-27(2,3)13-12-25-16-23-20(19-11-7-8-17(19)15-24)14-22-21(23)26-18-9-5-4-6-10-18/h4-6,9-10,14,17,19,24H,7-8,11-13,15-16H2,1-3H3/t17-,19-/m0/s1. The summed E-state index contributed by atoms with van der Waals surface area (Å²) >= 11 is 1.68. The molecule has 1 heterocycles. The molecule has 2 atom stereocenters. The molecule has 0 amide bonds. The van der Waals surface area contributed by atoms with Crippen LogP contribution in [0.25, 0.3) is 0 Å². The summed E-state index contributed by atoms with van der Waals surface area (Å²) in [7, 11) is -1.10. The maximum atomic E-state index is 9.77. The van der Waals surface area contributed by atoms with E-state index in [1.807, 2.05) is 12.3 Å². The third-order valence-corrected chi connectivity index (χ3v) is 8.01. The third kappa shape index (κ3) is 5.70. The van der Waals surface area contributed by atoms with Gasteiger partial charge in [-0.3, -0.25) is 4.57 Å². The minimum absolute atomic E-state index is 0.257. The van der Waals surface area contributed by atoms with Crippen molar-refractivity contribution in [1.82, 2.24) is 9.55 Å². The van der Waals surface area contributed by atoms with E-state index in [0.717, 1.165) is 24.6 Å². The third-order valence-electron chi connectivity index (χ3n) is 5.29. The molecule has 0 radical (unpaired) electrons. The van der Waals surface area contributed by atoms with Crippen molar-refractivity contribution in [3.8, 4) is 0 Å². The number of ether oxygens (including phenoxy) is 1. The fraction of sp³-hybridized carbons (Fsp3) is 0.571. The van der Waals surface area contributed by atoms with Gasteiger partial charge in [0, 0.05) is 44.0 Å².